The number of anilines is 1. The highest BCUT2D eigenvalue weighted by atomic mass is 79.9. The van der Waals surface area contributed by atoms with Gasteiger partial charge in [0.05, 0.1) is 16.9 Å². The van der Waals surface area contributed by atoms with E-state index >= 15 is 0 Å². The van der Waals surface area contributed by atoms with Crippen molar-refractivity contribution in [3.63, 3.8) is 0 Å². The minimum absolute atomic E-state index is 0.195. The number of halogens is 1. The smallest absolute Gasteiger partial charge is 0.269 e. The van der Waals surface area contributed by atoms with Crippen molar-refractivity contribution in [1.82, 2.24) is 14.6 Å². The van der Waals surface area contributed by atoms with Crippen LogP contribution in [0.1, 0.15) is 22.3 Å². The molecular weight excluding hydrogens is 352 g/mol. The minimum Gasteiger partial charge on any atom is -0.319 e. The fourth-order valence-electron chi connectivity index (χ4n) is 2.03. The molecule has 0 unspecified atom stereocenters. The zero-order valence-corrected chi connectivity index (χ0v) is 13.5. The van der Waals surface area contributed by atoms with E-state index < -0.39 is 0 Å². The van der Waals surface area contributed by atoms with Gasteiger partial charge in [-0.2, -0.15) is 0 Å². The number of nitrogens with zero attached hydrogens (tertiary/aromatic N) is 3. The first-order chi connectivity index (χ1) is 10.2. The van der Waals surface area contributed by atoms with Crippen LogP contribution in [0.3, 0.4) is 0 Å². The molecule has 2 aromatic heterocycles. The first kappa shape index (κ1) is 14.1. The molecule has 5 nitrogen and oxygen atoms in total. The molecule has 7 heteroatoms. The maximum Gasteiger partial charge on any atom is 0.269 e. The van der Waals surface area contributed by atoms with Gasteiger partial charge in [0.25, 0.3) is 5.91 Å². The Morgan fingerprint density at radius 1 is 1.43 bits per heavy atom. The van der Waals surface area contributed by atoms with Crippen molar-refractivity contribution in [2.45, 2.75) is 13.3 Å². The maximum atomic E-state index is 12.3. The molecule has 3 rings (SSSR count). The summed E-state index contributed by atoms with van der Waals surface area (Å²) in [7, 11) is 0. The molecule has 106 valence electrons. The molecule has 2 heterocycles. The van der Waals surface area contributed by atoms with Gasteiger partial charge < -0.3 is 5.32 Å². The number of aromatic nitrogens is 3. The lowest BCUT2D eigenvalue weighted by Crippen LogP contribution is -2.12. The quantitative estimate of drug-likeness (QED) is 0.771. The molecule has 0 saturated carbocycles. The molecule has 0 aliphatic carbocycles. The van der Waals surface area contributed by atoms with Crippen molar-refractivity contribution in [3.8, 4) is 0 Å². The SMILES string of the molecule is CCc1nnsc1C(=O)Nc1cccc2cc(Br)cnc12. The second kappa shape index (κ2) is 5.87. The Balaban J connectivity index is 1.97. The van der Waals surface area contributed by atoms with Gasteiger partial charge in [0, 0.05) is 16.1 Å². The van der Waals surface area contributed by atoms with E-state index in [1.165, 1.54) is 0 Å². The summed E-state index contributed by atoms with van der Waals surface area (Å²) in [6.07, 6.45) is 2.39. The van der Waals surface area contributed by atoms with Crippen molar-refractivity contribution >= 4 is 50.0 Å². The molecular formula is C14H11BrN4OS. The van der Waals surface area contributed by atoms with Crippen molar-refractivity contribution in [1.29, 1.82) is 0 Å². The predicted octanol–water partition coefficient (Wildman–Crippen LogP) is 3.66. The van der Waals surface area contributed by atoms with Crippen LogP contribution in [0, 0.1) is 0 Å². The van der Waals surface area contributed by atoms with Crippen LogP contribution in [0.25, 0.3) is 10.9 Å². The molecule has 0 fully saturated rings. The zero-order chi connectivity index (χ0) is 14.8. The average Bonchev–Trinajstić information content (AvgIpc) is 2.95. The maximum absolute atomic E-state index is 12.3. The van der Waals surface area contributed by atoms with Crippen molar-refractivity contribution < 1.29 is 4.79 Å². The first-order valence-corrected chi connectivity index (χ1v) is 7.92. The molecule has 0 bridgehead atoms. The molecule has 0 aliphatic rings. The summed E-state index contributed by atoms with van der Waals surface area (Å²) in [5.41, 5.74) is 2.15. The van der Waals surface area contributed by atoms with Crippen LogP contribution in [0.15, 0.2) is 34.9 Å². The highest BCUT2D eigenvalue weighted by Crippen LogP contribution is 2.25. The topological polar surface area (TPSA) is 67.8 Å². The number of carbonyl (C=O) groups is 1. The summed E-state index contributed by atoms with van der Waals surface area (Å²) in [6.45, 7) is 1.95. The first-order valence-electron chi connectivity index (χ1n) is 6.36. The number of benzene rings is 1. The lowest BCUT2D eigenvalue weighted by Gasteiger charge is -2.07. The Morgan fingerprint density at radius 2 is 2.29 bits per heavy atom. The molecule has 0 radical (unpaired) electrons. The van der Waals surface area contributed by atoms with Gasteiger partial charge in [-0.3, -0.25) is 9.78 Å². The summed E-state index contributed by atoms with van der Waals surface area (Å²) >= 11 is 4.50. The summed E-state index contributed by atoms with van der Waals surface area (Å²) in [4.78, 5) is 17.3. The molecule has 1 aromatic carbocycles. The number of pyridine rings is 1. The predicted molar refractivity (Wildman–Crippen MR) is 86.7 cm³/mol. The zero-order valence-electron chi connectivity index (χ0n) is 11.1. The number of carbonyl (C=O) groups excluding carboxylic acids is 1. The average molecular weight is 363 g/mol. The highest BCUT2D eigenvalue weighted by molar-refractivity contribution is 9.10. The van der Waals surface area contributed by atoms with E-state index in [0.717, 1.165) is 26.9 Å². The fourth-order valence-corrected chi connectivity index (χ4v) is 3.02. The number of hydrogen-bond donors (Lipinski definition) is 1. The van der Waals surface area contributed by atoms with E-state index in [1.807, 2.05) is 31.2 Å². The third kappa shape index (κ3) is 2.79. The number of fused-ring (bicyclic) bond motifs is 1. The summed E-state index contributed by atoms with van der Waals surface area (Å²) in [6, 6.07) is 7.64. The number of para-hydroxylation sites is 1. The Kier molecular flexibility index (Phi) is 3.94. The van der Waals surface area contributed by atoms with E-state index in [2.05, 4.69) is 35.8 Å². The van der Waals surface area contributed by atoms with Crippen LogP contribution >= 0.6 is 27.5 Å². The van der Waals surface area contributed by atoms with E-state index in [0.29, 0.717) is 22.7 Å². The third-order valence-corrected chi connectivity index (χ3v) is 4.22. The lowest BCUT2D eigenvalue weighted by molar-refractivity contribution is 0.102. The number of nitrogens with one attached hydrogen (secondary N) is 1. The summed E-state index contributed by atoms with van der Waals surface area (Å²) in [5, 5.41) is 7.81. The third-order valence-electron chi connectivity index (χ3n) is 3.02. The van der Waals surface area contributed by atoms with Crippen LogP contribution in [-0.2, 0) is 6.42 Å². The minimum atomic E-state index is -0.195. The highest BCUT2D eigenvalue weighted by Gasteiger charge is 2.16. The number of amides is 1. The Hall–Kier alpha value is -1.86. The van der Waals surface area contributed by atoms with Gasteiger partial charge in [0.2, 0.25) is 0 Å². The van der Waals surface area contributed by atoms with E-state index in [9.17, 15) is 4.79 Å². The molecule has 0 saturated heterocycles. The van der Waals surface area contributed by atoms with Gasteiger partial charge in [0.15, 0.2) is 0 Å². The van der Waals surface area contributed by atoms with Crippen LogP contribution in [-0.4, -0.2) is 20.5 Å². The van der Waals surface area contributed by atoms with E-state index in [1.54, 1.807) is 6.20 Å². The molecule has 21 heavy (non-hydrogen) atoms. The van der Waals surface area contributed by atoms with Gasteiger partial charge in [-0.15, -0.1) is 5.10 Å². The number of aryl methyl sites for hydroxylation is 1. The molecule has 1 amide bonds. The Morgan fingerprint density at radius 3 is 3.10 bits per heavy atom. The standard InChI is InChI=1S/C14H11BrN4OS/c1-2-10-13(21-19-18-10)14(20)17-11-5-3-4-8-6-9(15)7-16-12(8)11/h3-7H,2H2,1H3,(H,17,20). The van der Waals surface area contributed by atoms with Crippen LogP contribution in [0.2, 0.25) is 0 Å². The normalized spacial score (nSPS) is 10.8. The molecule has 3 aromatic rings. The van der Waals surface area contributed by atoms with Crippen molar-refractivity contribution in [3.05, 3.63) is 45.5 Å². The monoisotopic (exact) mass is 362 g/mol. The van der Waals surface area contributed by atoms with Gasteiger partial charge in [-0.1, -0.05) is 23.5 Å². The van der Waals surface area contributed by atoms with E-state index in [-0.39, 0.29) is 5.91 Å². The van der Waals surface area contributed by atoms with Crippen LogP contribution < -0.4 is 5.32 Å². The number of rotatable bonds is 3. The van der Waals surface area contributed by atoms with Gasteiger partial charge >= 0.3 is 0 Å². The fraction of sp³-hybridized carbons (Fsp3) is 0.143. The Labute approximate surface area is 133 Å². The second-order valence-electron chi connectivity index (χ2n) is 4.39. The second-order valence-corrected chi connectivity index (χ2v) is 6.06. The van der Waals surface area contributed by atoms with Crippen LogP contribution in [0.5, 0.6) is 0 Å². The molecule has 1 N–H and O–H groups in total. The number of hydrogen-bond acceptors (Lipinski definition) is 5. The van der Waals surface area contributed by atoms with Crippen LogP contribution in [0.4, 0.5) is 5.69 Å². The van der Waals surface area contributed by atoms with Gasteiger partial charge in [-0.05, 0) is 46.0 Å². The van der Waals surface area contributed by atoms with Gasteiger partial charge in [-0.25, -0.2) is 0 Å². The molecule has 0 atom stereocenters. The van der Waals surface area contributed by atoms with Gasteiger partial charge in [0.1, 0.15) is 4.88 Å². The Bertz CT molecular complexity index is 818. The lowest BCUT2D eigenvalue weighted by atomic mass is 10.2. The summed E-state index contributed by atoms with van der Waals surface area (Å²) < 4.78 is 4.74. The molecule has 0 spiro atoms. The largest absolute Gasteiger partial charge is 0.319 e. The molecule has 0 aliphatic heterocycles. The van der Waals surface area contributed by atoms with E-state index in [4.69, 9.17) is 0 Å². The van der Waals surface area contributed by atoms with Crippen molar-refractivity contribution in [2.24, 2.45) is 0 Å². The summed E-state index contributed by atoms with van der Waals surface area (Å²) in [5.74, 6) is -0.195. The van der Waals surface area contributed by atoms with Crippen molar-refractivity contribution in [2.75, 3.05) is 5.32 Å².